The van der Waals surface area contributed by atoms with E-state index in [1.807, 2.05) is 0 Å². The number of alkyl halides is 2. The molecule has 0 bridgehead atoms. The lowest BCUT2D eigenvalue weighted by Gasteiger charge is -2.32. The minimum absolute atomic E-state index is 0.298. The van der Waals surface area contributed by atoms with Crippen molar-refractivity contribution < 1.29 is 13.6 Å². The molecule has 15 heavy (non-hydrogen) atoms. The first-order valence-electron chi connectivity index (χ1n) is 5.45. The SMILES string of the molecule is CC(F)(F)C1CCCC(CCN=C=O)C1. The third kappa shape index (κ3) is 4.08. The lowest BCUT2D eigenvalue weighted by molar-refractivity contribution is -0.0612. The summed E-state index contributed by atoms with van der Waals surface area (Å²) >= 11 is 0. The molecule has 0 N–H and O–H groups in total. The van der Waals surface area contributed by atoms with Gasteiger partial charge >= 0.3 is 0 Å². The van der Waals surface area contributed by atoms with Crippen LogP contribution in [0.2, 0.25) is 0 Å². The first-order chi connectivity index (χ1) is 7.04. The number of aliphatic imine (C=N–C) groups is 1. The standard InChI is InChI=1S/C11H17F2NO/c1-11(12,13)10-4-2-3-9(7-10)5-6-14-8-15/h9-10H,2-7H2,1H3. The van der Waals surface area contributed by atoms with Gasteiger partial charge in [-0.15, -0.1) is 0 Å². The van der Waals surface area contributed by atoms with Crippen molar-refractivity contribution >= 4 is 6.08 Å². The average molecular weight is 217 g/mol. The van der Waals surface area contributed by atoms with Crippen LogP contribution in [0.15, 0.2) is 4.99 Å². The first-order valence-corrected chi connectivity index (χ1v) is 5.45. The molecule has 1 fully saturated rings. The molecule has 0 aliphatic heterocycles. The predicted molar refractivity (Wildman–Crippen MR) is 53.7 cm³/mol. The van der Waals surface area contributed by atoms with E-state index in [1.165, 1.54) is 6.08 Å². The van der Waals surface area contributed by atoms with Crippen LogP contribution in [0.3, 0.4) is 0 Å². The summed E-state index contributed by atoms with van der Waals surface area (Å²) in [6.07, 6.45) is 5.25. The molecular weight excluding hydrogens is 200 g/mol. The number of hydrogen-bond donors (Lipinski definition) is 0. The lowest BCUT2D eigenvalue weighted by Crippen LogP contribution is -2.30. The van der Waals surface area contributed by atoms with E-state index in [9.17, 15) is 13.6 Å². The van der Waals surface area contributed by atoms with Crippen molar-refractivity contribution in [3.63, 3.8) is 0 Å². The molecule has 1 saturated carbocycles. The van der Waals surface area contributed by atoms with Gasteiger partial charge in [0.25, 0.3) is 0 Å². The van der Waals surface area contributed by atoms with Crippen LogP contribution in [0.5, 0.6) is 0 Å². The van der Waals surface area contributed by atoms with Gasteiger partial charge in [0, 0.05) is 5.92 Å². The molecule has 0 saturated heterocycles. The molecule has 0 aromatic heterocycles. The second-order valence-corrected chi connectivity index (χ2v) is 4.45. The largest absolute Gasteiger partial charge is 0.248 e. The average Bonchev–Trinajstić information content (AvgIpc) is 2.17. The molecule has 2 nitrogen and oxygen atoms in total. The van der Waals surface area contributed by atoms with Crippen LogP contribution in [-0.4, -0.2) is 18.5 Å². The van der Waals surface area contributed by atoms with Crippen molar-refractivity contribution in [2.24, 2.45) is 16.8 Å². The summed E-state index contributed by atoms with van der Waals surface area (Å²) in [7, 11) is 0. The second-order valence-electron chi connectivity index (χ2n) is 4.45. The van der Waals surface area contributed by atoms with E-state index >= 15 is 0 Å². The predicted octanol–water partition coefficient (Wildman–Crippen LogP) is 3.17. The van der Waals surface area contributed by atoms with Gasteiger partial charge in [-0.05, 0) is 32.1 Å². The summed E-state index contributed by atoms with van der Waals surface area (Å²) in [5, 5.41) is 0. The Kier molecular flexibility index (Phi) is 4.40. The Bertz CT molecular complexity index is 243. The van der Waals surface area contributed by atoms with Crippen LogP contribution in [0.1, 0.15) is 39.0 Å². The highest BCUT2D eigenvalue weighted by Crippen LogP contribution is 2.39. The summed E-state index contributed by atoms with van der Waals surface area (Å²) in [6.45, 7) is 1.43. The third-order valence-corrected chi connectivity index (χ3v) is 3.21. The third-order valence-electron chi connectivity index (χ3n) is 3.21. The summed E-state index contributed by atoms with van der Waals surface area (Å²) in [4.78, 5) is 13.3. The summed E-state index contributed by atoms with van der Waals surface area (Å²) in [5.74, 6) is -2.75. The zero-order valence-corrected chi connectivity index (χ0v) is 9.01. The van der Waals surface area contributed by atoms with Gasteiger partial charge in [0.2, 0.25) is 12.0 Å². The second kappa shape index (κ2) is 5.36. The Balaban J connectivity index is 2.38. The number of carbonyl (C=O) groups excluding carboxylic acids is 1. The number of halogens is 2. The van der Waals surface area contributed by atoms with Gasteiger partial charge in [-0.2, -0.15) is 0 Å². The molecule has 86 valence electrons. The zero-order valence-electron chi connectivity index (χ0n) is 9.01. The lowest BCUT2D eigenvalue weighted by atomic mass is 9.77. The van der Waals surface area contributed by atoms with E-state index in [0.717, 1.165) is 26.2 Å². The van der Waals surface area contributed by atoms with Gasteiger partial charge in [-0.1, -0.05) is 12.8 Å². The van der Waals surface area contributed by atoms with Crippen LogP contribution in [0.25, 0.3) is 0 Å². The molecule has 0 heterocycles. The highest BCUT2D eigenvalue weighted by molar-refractivity contribution is 5.32. The highest BCUT2D eigenvalue weighted by Gasteiger charge is 2.37. The molecule has 1 aliphatic rings. The molecule has 1 aliphatic carbocycles. The first kappa shape index (κ1) is 12.3. The summed E-state index contributed by atoms with van der Waals surface area (Å²) in [6, 6.07) is 0. The molecule has 2 unspecified atom stereocenters. The van der Waals surface area contributed by atoms with Crippen molar-refractivity contribution in [2.75, 3.05) is 6.54 Å². The Morgan fingerprint density at radius 1 is 1.47 bits per heavy atom. The molecule has 0 spiro atoms. The topological polar surface area (TPSA) is 29.4 Å². The Hall–Kier alpha value is -0.760. The zero-order chi connectivity index (χ0) is 11.3. The van der Waals surface area contributed by atoms with Gasteiger partial charge in [0.15, 0.2) is 0 Å². The van der Waals surface area contributed by atoms with E-state index in [1.54, 1.807) is 0 Å². The molecule has 0 radical (unpaired) electrons. The van der Waals surface area contributed by atoms with Crippen LogP contribution in [0.4, 0.5) is 8.78 Å². The van der Waals surface area contributed by atoms with Crippen LogP contribution >= 0.6 is 0 Å². The molecule has 2 atom stereocenters. The van der Waals surface area contributed by atoms with E-state index in [4.69, 9.17) is 0 Å². The van der Waals surface area contributed by atoms with Crippen molar-refractivity contribution in [3.8, 4) is 0 Å². The number of isocyanates is 1. The van der Waals surface area contributed by atoms with Crippen molar-refractivity contribution in [1.29, 1.82) is 0 Å². The maximum absolute atomic E-state index is 13.1. The fourth-order valence-electron chi connectivity index (χ4n) is 2.31. The summed E-state index contributed by atoms with van der Waals surface area (Å²) in [5.41, 5.74) is 0. The monoisotopic (exact) mass is 217 g/mol. The molecule has 4 heteroatoms. The van der Waals surface area contributed by atoms with E-state index in [0.29, 0.717) is 25.3 Å². The minimum Gasteiger partial charge on any atom is -0.211 e. The van der Waals surface area contributed by atoms with Crippen molar-refractivity contribution in [3.05, 3.63) is 0 Å². The van der Waals surface area contributed by atoms with E-state index in [-0.39, 0.29) is 0 Å². The summed E-state index contributed by atoms with van der Waals surface area (Å²) < 4.78 is 26.2. The fraction of sp³-hybridized carbons (Fsp3) is 0.909. The number of rotatable bonds is 4. The highest BCUT2D eigenvalue weighted by atomic mass is 19.3. The maximum atomic E-state index is 13.1. The Labute approximate surface area is 88.8 Å². The molecule has 0 aromatic carbocycles. The number of nitrogens with zero attached hydrogens (tertiary/aromatic N) is 1. The normalized spacial score (nSPS) is 27.1. The fourth-order valence-corrected chi connectivity index (χ4v) is 2.31. The minimum atomic E-state index is -2.56. The van der Waals surface area contributed by atoms with Gasteiger partial charge in [0.1, 0.15) is 0 Å². The van der Waals surface area contributed by atoms with Gasteiger partial charge in [0.05, 0.1) is 6.54 Å². The van der Waals surface area contributed by atoms with Gasteiger partial charge in [-0.3, -0.25) is 0 Å². The number of hydrogen-bond acceptors (Lipinski definition) is 2. The van der Waals surface area contributed by atoms with E-state index < -0.39 is 11.8 Å². The quantitative estimate of drug-likeness (QED) is 0.525. The Morgan fingerprint density at radius 2 is 2.20 bits per heavy atom. The van der Waals surface area contributed by atoms with Crippen molar-refractivity contribution in [1.82, 2.24) is 0 Å². The molecular formula is C11H17F2NO. The van der Waals surface area contributed by atoms with Gasteiger partial charge in [-0.25, -0.2) is 18.6 Å². The molecule has 0 aromatic rings. The maximum Gasteiger partial charge on any atom is 0.248 e. The van der Waals surface area contributed by atoms with Crippen LogP contribution in [-0.2, 0) is 4.79 Å². The van der Waals surface area contributed by atoms with Crippen molar-refractivity contribution in [2.45, 2.75) is 45.0 Å². The molecule has 1 rings (SSSR count). The Morgan fingerprint density at radius 3 is 2.80 bits per heavy atom. The van der Waals surface area contributed by atoms with Crippen LogP contribution in [0, 0.1) is 11.8 Å². The molecule has 0 amide bonds. The smallest absolute Gasteiger partial charge is 0.211 e. The van der Waals surface area contributed by atoms with Gasteiger partial charge < -0.3 is 0 Å². The van der Waals surface area contributed by atoms with E-state index in [2.05, 4.69) is 4.99 Å². The van der Waals surface area contributed by atoms with Crippen LogP contribution < -0.4 is 0 Å².